The highest BCUT2D eigenvalue weighted by Crippen LogP contribution is 2.24. The molecule has 0 aliphatic carbocycles. The van der Waals surface area contributed by atoms with E-state index < -0.39 is 24.2 Å². The van der Waals surface area contributed by atoms with Crippen molar-refractivity contribution < 1.29 is 28.2 Å². The molecule has 2 aromatic rings. The number of Topliss-reactive ketones (excluding diaryl/α,β-unsaturated/α-hetero) is 1. The molecule has 0 heterocycles. The number of carbonyl (C=O) groups excluding carboxylic acids is 2. The van der Waals surface area contributed by atoms with E-state index >= 15 is 0 Å². The molecule has 0 atom stereocenters. The van der Waals surface area contributed by atoms with Crippen LogP contribution in [0, 0.1) is 5.82 Å². The summed E-state index contributed by atoms with van der Waals surface area (Å²) in [6, 6.07) is 9.61. The van der Waals surface area contributed by atoms with Crippen LogP contribution in [-0.4, -0.2) is 32.6 Å². The summed E-state index contributed by atoms with van der Waals surface area (Å²) in [6.07, 6.45) is 0. The van der Waals surface area contributed by atoms with Gasteiger partial charge in [-0.15, -0.1) is 0 Å². The number of benzene rings is 2. The fourth-order valence-electron chi connectivity index (χ4n) is 1.91. The molecule has 5 nitrogen and oxygen atoms in total. The highest BCUT2D eigenvalue weighted by molar-refractivity contribution is 6.01. The molecule has 0 bridgehead atoms. The molecule has 0 N–H and O–H groups in total. The van der Waals surface area contributed by atoms with Gasteiger partial charge in [0, 0.05) is 0 Å². The van der Waals surface area contributed by atoms with Crippen molar-refractivity contribution in [3.8, 4) is 11.5 Å². The molecule has 2 rings (SSSR count). The van der Waals surface area contributed by atoms with Gasteiger partial charge in [0.1, 0.15) is 17.3 Å². The van der Waals surface area contributed by atoms with Crippen LogP contribution in [-0.2, 0) is 4.74 Å². The van der Waals surface area contributed by atoms with Crippen molar-refractivity contribution in [2.24, 2.45) is 0 Å². The third kappa shape index (κ3) is 4.06. The lowest BCUT2D eigenvalue weighted by Crippen LogP contribution is -2.15. The van der Waals surface area contributed by atoms with Crippen LogP contribution in [0.15, 0.2) is 42.5 Å². The number of hydrogen-bond donors (Lipinski definition) is 0. The van der Waals surface area contributed by atoms with Crippen LogP contribution >= 0.6 is 0 Å². The number of methoxy groups -OCH3 is 2. The minimum atomic E-state index is -0.708. The lowest BCUT2D eigenvalue weighted by Gasteiger charge is -2.10. The first kappa shape index (κ1) is 16.5. The first-order chi connectivity index (χ1) is 11.0. The molecule has 0 aromatic heterocycles. The van der Waals surface area contributed by atoms with E-state index in [1.807, 2.05) is 0 Å². The number of esters is 1. The Balaban J connectivity index is 2.07. The lowest BCUT2D eigenvalue weighted by atomic mass is 10.1. The highest BCUT2D eigenvalue weighted by atomic mass is 19.1. The summed E-state index contributed by atoms with van der Waals surface area (Å²) in [5.41, 5.74) is 0.413. The summed E-state index contributed by atoms with van der Waals surface area (Å²) in [4.78, 5) is 24.0. The Morgan fingerprint density at radius 1 is 1.00 bits per heavy atom. The third-order valence-electron chi connectivity index (χ3n) is 3.12. The summed E-state index contributed by atoms with van der Waals surface area (Å²) in [6.45, 7) is -0.459. The van der Waals surface area contributed by atoms with Crippen molar-refractivity contribution in [1.29, 1.82) is 0 Å². The smallest absolute Gasteiger partial charge is 0.338 e. The van der Waals surface area contributed by atoms with Gasteiger partial charge in [-0.25, -0.2) is 9.18 Å². The number of rotatable bonds is 6. The zero-order chi connectivity index (χ0) is 16.8. The second-order valence-corrected chi connectivity index (χ2v) is 4.57. The predicted molar refractivity (Wildman–Crippen MR) is 80.6 cm³/mol. The quantitative estimate of drug-likeness (QED) is 0.605. The molecule has 0 aliphatic rings. The van der Waals surface area contributed by atoms with Crippen LogP contribution < -0.4 is 9.47 Å². The fraction of sp³-hybridized carbons (Fsp3) is 0.176. The molecule has 0 radical (unpaired) electrons. The molecule has 0 unspecified atom stereocenters. The number of hydrogen-bond acceptors (Lipinski definition) is 5. The van der Waals surface area contributed by atoms with Gasteiger partial charge in [0.2, 0.25) is 5.78 Å². The molecule has 0 saturated heterocycles. The van der Waals surface area contributed by atoms with E-state index in [0.717, 1.165) is 12.1 Å². The van der Waals surface area contributed by atoms with Gasteiger partial charge in [0.25, 0.3) is 0 Å². The SMILES string of the molecule is COc1ccc(OC)c(C(=O)COC(=O)c2ccc(F)cc2)c1. The molecule has 0 spiro atoms. The molecule has 0 aliphatic heterocycles. The van der Waals surface area contributed by atoms with E-state index in [-0.39, 0.29) is 11.1 Å². The number of ether oxygens (including phenoxy) is 3. The Morgan fingerprint density at radius 3 is 2.30 bits per heavy atom. The van der Waals surface area contributed by atoms with Gasteiger partial charge in [-0.2, -0.15) is 0 Å². The fourth-order valence-corrected chi connectivity index (χ4v) is 1.91. The molecule has 0 saturated carbocycles. The first-order valence-electron chi connectivity index (χ1n) is 6.73. The Kier molecular flexibility index (Phi) is 5.30. The maximum absolute atomic E-state index is 12.8. The van der Waals surface area contributed by atoms with Gasteiger partial charge in [-0.05, 0) is 42.5 Å². The average molecular weight is 318 g/mol. The van der Waals surface area contributed by atoms with Gasteiger partial charge in [0.05, 0.1) is 25.3 Å². The van der Waals surface area contributed by atoms with Crippen LogP contribution in [0.5, 0.6) is 11.5 Å². The third-order valence-corrected chi connectivity index (χ3v) is 3.12. The Hall–Kier alpha value is -2.89. The molecule has 23 heavy (non-hydrogen) atoms. The lowest BCUT2D eigenvalue weighted by molar-refractivity contribution is 0.0474. The minimum absolute atomic E-state index is 0.164. The van der Waals surface area contributed by atoms with E-state index in [9.17, 15) is 14.0 Å². The van der Waals surface area contributed by atoms with Gasteiger partial charge in [0.15, 0.2) is 6.61 Å². The van der Waals surface area contributed by atoms with Gasteiger partial charge in [-0.3, -0.25) is 4.79 Å². The van der Waals surface area contributed by atoms with E-state index in [1.54, 1.807) is 12.1 Å². The van der Waals surface area contributed by atoms with Gasteiger partial charge < -0.3 is 14.2 Å². The molecule has 0 amide bonds. The zero-order valence-corrected chi connectivity index (χ0v) is 12.7. The summed E-state index contributed by atoms with van der Waals surface area (Å²) in [7, 11) is 2.91. The van der Waals surface area contributed by atoms with Gasteiger partial charge >= 0.3 is 5.97 Å². The maximum atomic E-state index is 12.8. The number of ketones is 1. The average Bonchev–Trinajstić information content (AvgIpc) is 2.59. The van der Waals surface area contributed by atoms with Crippen LogP contribution in [0.4, 0.5) is 4.39 Å². The zero-order valence-electron chi connectivity index (χ0n) is 12.7. The molecular weight excluding hydrogens is 303 g/mol. The summed E-state index contributed by atoms with van der Waals surface area (Å²) in [5, 5.41) is 0. The second-order valence-electron chi connectivity index (χ2n) is 4.57. The van der Waals surface area contributed by atoms with Crippen molar-refractivity contribution in [3.05, 3.63) is 59.4 Å². The van der Waals surface area contributed by atoms with E-state index in [0.29, 0.717) is 11.5 Å². The Labute approximate surface area is 132 Å². The van der Waals surface area contributed by atoms with Crippen molar-refractivity contribution in [2.75, 3.05) is 20.8 Å². The number of carbonyl (C=O) groups is 2. The van der Waals surface area contributed by atoms with Crippen molar-refractivity contribution >= 4 is 11.8 Å². The summed E-state index contributed by atoms with van der Waals surface area (Å²) < 4.78 is 27.9. The molecule has 2 aromatic carbocycles. The van der Waals surface area contributed by atoms with Crippen molar-refractivity contribution in [3.63, 3.8) is 0 Å². The van der Waals surface area contributed by atoms with Crippen LogP contribution in [0.2, 0.25) is 0 Å². The van der Waals surface area contributed by atoms with Crippen LogP contribution in [0.1, 0.15) is 20.7 Å². The maximum Gasteiger partial charge on any atom is 0.338 e. The topological polar surface area (TPSA) is 61.8 Å². The van der Waals surface area contributed by atoms with E-state index in [2.05, 4.69) is 0 Å². The monoisotopic (exact) mass is 318 g/mol. The Bertz CT molecular complexity index is 709. The van der Waals surface area contributed by atoms with Gasteiger partial charge in [-0.1, -0.05) is 0 Å². The highest BCUT2D eigenvalue weighted by Gasteiger charge is 2.16. The predicted octanol–water partition coefficient (Wildman–Crippen LogP) is 2.88. The van der Waals surface area contributed by atoms with Crippen LogP contribution in [0.25, 0.3) is 0 Å². The van der Waals surface area contributed by atoms with E-state index in [1.165, 1.54) is 32.4 Å². The molecule has 0 fully saturated rings. The largest absolute Gasteiger partial charge is 0.497 e. The summed E-state index contributed by atoms with van der Waals surface area (Å²) in [5.74, 6) is -0.761. The van der Waals surface area contributed by atoms with Crippen molar-refractivity contribution in [1.82, 2.24) is 0 Å². The normalized spacial score (nSPS) is 10.0. The number of halogens is 1. The standard InChI is InChI=1S/C17H15FO5/c1-21-13-7-8-16(22-2)14(9-13)15(19)10-23-17(20)11-3-5-12(18)6-4-11/h3-9H,10H2,1-2H3. The molecule has 120 valence electrons. The first-order valence-corrected chi connectivity index (χ1v) is 6.73. The molecular formula is C17H15FO5. The van der Waals surface area contributed by atoms with E-state index in [4.69, 9.17) is 14.2 Å². The summed E-state index contributed by atoms with van der Waals surface area (Å²) >= 11 is 0. The second kappa shape index (κ2) is 7.40. The minimum Gasteiger partial charge on any atom is -0.497 e. The van der Waals surface area contributed by atoms with Crippen molar-refractivity contribution in [2.45, 2.75) is 0 Å². The Morgan fingerprint density at radius 2 is 1.70 bits per heavy atom. The molecule has 6 heteroatoms. The van der Waals surface area contributed by atoms with Crippen LogP contribution in [0.3, 0.4) is 0 Å².